The fourth-order valence-corrected chi connectivity index (χ4v) is 2.05. The molecule has 0 fully saturated rings. The number of amides is 1. The molecule has 1 aromatic heterocycles. The molecule has 1 heterocycles. The Labute approximate surface area is 124 Å². The van der Waals surface area contributed by atoms with Gasteiger partial charge in [-0.15, -0.1) is 0 Å². The molecular weight excluding hydrogens is 264 g/mol. The van der Waals surface area contributed by atoms with Crippen LogP contribution >= 0.6 is 0 Å². The van der Waals surface area contributed by atoms with Gasteiger partial charge in [0.2, 0.25) is 5.91 Å². The lowest BCUT2D eigenvalue weighted by Crippen LogP contribution is -2.11. The van der Waals surface area contributed by atoms with Gasteiger partial charge in [0.05, 0.1) is 17.4 Å². The van der Waals surface area contributed by atoms with Crippen molar-refractivity contribution in [2.24, 2.45) is 0 Å². The second-order valence-electron chi connectivity index (χ2n) is 5.12. The number of hydrogen-bond acceptors (Lipinski definition) is 4. The SMILES string of the molecule is CC(=O)Nc1cccc(C(C)Nc2nc(C)cnc2C)c1. The van der Waals surface area contributed by atoms with E-state index >= 15 is 0 Å². The number of hydrogen-bond donors (Lipinski definition) is 2. The minimum atomic E-state index is -0.0758. The van der Waals surface area contributed by atoms with Gasteiger partial charge in [0, 0.05) is 18.8 Å². The quantitative estimate of drug-likeness (QED) is 0.904. The minimum absolute atomic E-state index is 0.0634. The van der Waals surface area contributed by atoms with E-state index in [1.165, 1.54) is 6.92 Å². The molecule has 5 nitrogen and oxygen atoms in total. The number of aryl methyl sites for hydroxylation is 2. The molecule has 1 amide bonds. The van der Waals surface area contributed by atoms with Crippen molar-refractivity contribution in [2.45, 2.75) is 33.7 Å². The van der Waals surface area contributed by atoms with Crippen LogP contribution in [0.25, 0.3) is 0 Å². The summed E-state index contributed by atoms with van der Waals surface area (Å²) in [6.07, 6.45) is 1.75. The number of nitrogens with zero attached hydrogens (tertiary/aromatic N) is 2. The van der Waals surface area contributed by atoms with Crippen LogP contribution in [0.5, 0.6) is 0 Å². The fourth-order valence-electron chi connectivity index (χ4n) is 2.05. The molecule has 2 aromatic rings. The molecular formula is C16H20N4O. The molecule has 5 heteroatoms. The van der Waals surface area contributed by atoms with Gasteiger partial charge in [0.1, 0.15) is 5.82 Å². The lowest BCUT2D eigenvalue weighted by Gasteiger charge is -2.17. The first-order valence-corrected chi connectivity index (χ1v) is 6.90. The molecule has 0 aliphatic carbocycles. The summed E-state index contributed by atoms with van der Waals surface area (Å²) in [4.78, 5) is 19.9. The Hall–Kier alpha value is -2.43. The van der Waals surface area contributed by atoms with Crippen molar-refractivity contribution in [1.82, 2.24) is 9.97 Å². The molecule has 0 radical (unpaired) electrons. The Bertz CT molecular complexity index is 654. The van der Waals surface area contributed by atoms with E-state index in [4.69, 9.17) is 0 Å². The van der Waals surface area contributed by atoms with Crippen LogP contribution in [0.1, 0.15) is 36.8 Å². The highest BCUT2D eigenvalue weighted by atomic mass is 16.1. The van der Waals surface area contributed by atoms with Crippen molar-refractivity contribution in [3.63, 3.8) is 0 Å². The molecule has 2 N–H and O–H groups in total. The molecule has 1 atom stereocenters. The molecule has 110 valence electrons. The van der Waals surface area contributed by atoms with Gasteiger partial charge in [0.15, 0.2) is 0 Å². The van der Waals surface area contributed by atoms with Gasteiger partial charge in [-0.1, -0.05) is 12.1 Å². The summed E-state index contributed by atoms with van der Waals surface area (Å²) in [5, 5.41) is 6.15. The van der Waals surface area contributed by atoms with Gasteiger partial charge >= 0.3 is 0 Å². The van der Waals surface area contributed by atoms with Crippen molar-refractivity contribution in [2.75, 3.05) is 10.6 Å². The standard InChI is InChI=1S/C16H20N4O/c1-10-9-17-12(3)16(18-10)19-11(2)14-6-5-7-15(8-14)20-13(4)21/h5-9,11H,1-4H3,(H,18,19)(H,20,21). The third-order valence-corrected chi connectivity index (χ3v) is 3.14. The van der Waals surface area contributed by atoms with Gasteiger partial charge in [-0.3, -0.25) is 9.78 Å². The van der Waals surface area contributed by atoms with Crippen LogP contribution in [0.4, 0.5) is 11.5 Å². The number of rotatable bonds is 4. The maximum Gasteiger partial charge on any atom is 0.221 e. The Morgan fingerprint density at radius 1 is 1.29 bits per heavy atom. The third kappa shape index (κ3) is 4.02. The van der Waals surface area contributed by atoms with Gasteiger partial charge < -0.3 is 10.6 Å². The number of anilines is 2. The predicted molar refractivity (Wildman–Crippen MR) is 84.3 cm³/mol. The van der Waals surface area contributed by atoms with Crippen LogP contribution in [-0.4, -0.2) is 15.9 Å². The highest BCUT2D eigenvalue weighted by molar-refractivity contribution is 5.88. The molecule has 1 unspecified atom stereocenters. The monoisotopic (exact) mass is 284 g/mol. The molecule has 1 aromatic carbocycles. The smallest absolute Gasteiger partial charge is 0.221 e. The zero-order valence-electron chi connectivity index (χ0n) is 12.8. The zero-order chi connectivity index (χ0) is 15.4. The van der Waals surface area contributed by atoms with E-state index < -0.39 is 0 Å². The van der Waals surface area contributed by atoms with Crippen LogP contribution in [-0.2, 0) is 4.79 Å². The van der Waals surface area contributed by atoms with Gasteiger partial charge in [0.25, 0.3) is 0 Å². The number of nitrogens with one attached hydrogen (secondary N) is 2. The van der Waals surface area contributed by atoms with E-state index in [-0.39, 0.29) is 11.9 Å². The Morgan fingerprint density at radius 2 is 2.05 bits per heavy atom. The number of carbonyl (C=O) groups is 1. The van der Waals surface area contributed by atoms with Gasteiger partial charge in [-0.25, -0.2) is 4.98 Å². The summed E-state index contributed by atoms with van der Waals surface area (Å²) in [7, 11) is 0. The lowest BCUT2D eigenvalue weighted by atomic mass is 10.1. The predicted octanol–water partition coefficient (Wildman–Crippen LogP) is 3.22. The summed E-state index contributed by atoms with van der Waals surface area (Å²) >= 11 is 0. The molecule has 2 rings (SSSR count). The second-order valence-corrected chi connectivity index (χ2v) is 5.12. The first-order chi connectivity index (χ1) is 9.95. The average Bonchev–Trinajstić information content (AvgIpc) is 2.42. The van der Waals surface area contributed by atoms with E-state index in [1.807, 2.05) is 38.1 Å². The van der Waals surface area contributed by atoms with Crippen LogP contribution in [0, 0.1) is 13.8 Å². The van der Waals surface area contributed by atoms with E-state index in [2.05, 4.69) is 27.5 Å². The molecule has 0 bridgehead atoms. The highest BCUT2D eigenvalue weighted by Gasteiger charge is 2.10. The molecule has 0 spiro atoms. The minimum Gasteiger partial charge on any atom is -0.362 e. The lowest BCUT2D eigenvalue weighted by molar-refractivity contribution is -0.114. The van der Waals surface area contributed by atoms with Crippen molar-refractivity contribution >= 4 is 17.4 Å². The summed E-state index contributed by atoms with van der Waals surface area (Å²) in [5.74, 6) is 0.709. The van der Waals surface area contributed by atoms with E-state index in [9.17, 15) is 4.79 Å². The summed E-state index contributed by atoms with van der Waals surface area (Å²) in [6.45, 7) is 7.39. The van der Waals surface area contributed by atoms with Crippen molar-refractivity contribution in [3.8, 4) is 0 Å². The Balaban J connectivity index is 2.18. The molecule has 0 aliphatic heterocycles. The molecule has 0 saturated carbocycles. The van der Waals surface area contributed by atoms with Crippen molar-refractivity contribution in [3.05, 3.63) is 47.4 Å². The van der Waals surface area contributed by atoms with E-state index in [0.29, 0.717) is 0 Å². The average molecular weight is 284 g/mol. The van der Waals surface area contributed by atoms with Gasteiger partial charge in [-0.05, 0) is 38.5 Å². The second kappa shape index (κ2) is 6.35. The van der Waals surface area contributed by atoms with Crippen molar-refractivity contribution in [1.29, 1.82) is 0 Å². The fraction of sp³-hybridized carbons (Fsp3) is 0.312. The first-order valence-electron chi connectivity index (χ1n) is 6.90. The molecule has 21 heavy (non-hydrogen) atoms. The largest absolute Gasteiger partial charge is 0.362 e. The summed E-state index contributed by atoms with van der Waals surface area (Å²) in [5.41, 5.74) is 3.61. The third-order valence-electron chi connectivity index (χ3n) is 3.14. The van der Waals surface area contributed by atoms with Gasteiger partial charge in [-0.2, -0.15) is 0 Å². The Kier molecular flexibility index (Phi) is 4.52. The van der Waals surface area contributed by atoms with Crippen LogP contribution in [0.3, 0.4) is 0 Å². The summed E-state index contributed by atoms with van der Waals surface area (Å²) < 4.78 is 0. The normalized spacial score (nSPS) is 11.8. The number of benzene rings is 1. The van der Waals surface area contributed by atoms with Crippen LogP contribution < -0.4 is 10.6 Å². The zero-order valence-corrected chi connectivity index (χ0v) is 12.8. The molecule has 0 saturated heterocycles. The number of carbonyl (C=O) groups excluding carboxylic acids is 1. The van der Waals surface area contributed by atoms with Crippen LogP contribution in [0.15, 0.2) is 30.5 Å². The highest BCUT2D eigenvalue weighted by Crippen LogP contribution is 2.22. The topological polar surface area (TPSA) is 66.9 Å². The van der Waals surface area contributed by atoms with E-state index in [0.717, 1.165) is 28.5 Å². The Morgan fingerprint density at radius 3 is 2.76 bits per heavy atom. The van der Waals surface area contributed by atoms with Crippen LogP contribution in [0.2, 0.25) is 0 Å². The molecule has 0 aliphatic rings. The first kappa shape index (κ1) is 15.0. The summed E-state index contributed by atoms with van der Waals surface area (Å²) in [6, 6.07) is 7.83. The number of aromatic nitrogens is 2. The van der Waals surface area contributed by atoms with Crippen molar-refractivity contribution < 1.29 is 4.79 Å². The maximum atomic E-state index is 11.1. The van der Waals surface area contributed by atoms with E-state index in [1.54, 1.807) is 6.20 Å². The maximum absolute atomic E-state index is 11.1.